The molecular weight excluding hydrogens is 184 g/mol. The summed E-state index contributed by atoms with van der Waals surface area (Å²) in [6.07, 6.45) is 7.01. The second kappa shape index (κ2) is 5.31. The maximum absolute atomic E-state index is 3.66. The lowest BCUT2D eigenvalue weighted by molar-refractivity contribution is 0.107. The average molecular weight is 210 g/mol. The first kappa shape index (κ1) is 11.4. The molecule has 0 aliphatic carbocycles. The molecule has 2 aliphatic heterocycles. The highest BCUT2D eigenvalue weighted by Gasteiger charge is 2.25. The lowest BCUT2D eigenvalue weighted by Gasteiger charge is -2.39. The van der Waals surface area contributed by atoms with Gasteiger partial charge in [0, 0.05) is 25.2 Å². The van der Waals surface area contributed by atoms with Crippen molar-refractivity contribution in [3.05, 3.63) is 0 Å². The number of nitrogens with one attached hydrogen (secondary N) is 1. The van der Waals surface area contributed by atoms with E-state index in [0.717, 1.165) is 18.0 Å². The Kier molecular flexibility index (Phi) is 4.04. The van der Waals surface area contributed by atoms with E-state index in [2.05, 4.69) is 24.1 Å². The fourth-order valence-electron chi connectivity index (χ4n) is 3.00. The number of hydrogen-bond donors (Lipinski definition) is 1. The first-order chi connectivity index (χ1) is 7.25. The van der Waals surface area contributed by atoms with Crippen LogP contribution in [0.3, 0.4) is 0 Å². The summed E-state index contributed by atoms with van der Waals surface area (Å²) in [6, 6.07) is 1.58. The largest absolute Gasteiger partial charge is 0.313 e. The van der Waals surface area contributed by atoms with Gasteiger partial charge in [-0.05, 0) is 45.1 Å². The van der Waals surface area contributed by atoms with Gasteiger partial charge >= 0.3 is 0 Å². The molecule has 1 N–H and O–H groups in total. The molecular formula is C13H26N2. The normalized spacial score (nSPS) is 39.2. The first-order valence-corrected chi connectivity index (χ1v) is 6.73. The molecule has 88 valence electrons. The van der Waals surface area contributed by atoms with E-state index in [-0.39, 0.29) is 0 Å². The Morgan fingerprint density at radius 2 is 2.00 bits per heavy atom. The minimum Gasteiger partial charge on any atom is -0.313 e. The SMILES string of the molecule is CC1CCC(C)N(CC2CCCCN2)C1. The highest BCUT2D eigenvalue weighted by molar-refractivity contribution is 4.82. The fourth-order valence-corrected chi connectivity index (χ4v) is 3.00. The fraction of sp³-hybridized carbons (Fsp3) is 1.00. The van der Waals surface area contributed by atoms with Crippen LogP contribution in [0.2, 0.25) is 0 Å². The van der Waals surface area contributed by atoms with E-state index in [1.54, 1.807) is 0 Å². The molecule has 0 aromatic rings. The van der Waals surface area contributed by atoms with Crippen LogP contribution < -0.4 is 5.32 Å². The van der Waals surface area contributed by atoms with Crippen LogP contribution in [0, 0.1) is 5.92 Å². The Labute approximate surface area is 94.4 Å². The Hall–Kier alpha value is -0.0800. The highest BCUT2D eigenvalue weighted by Crippen LogP contribution is 2.22. The second-order valence-electron chi connectivity index (χ2n) is 5.63. The highest BCUT2D eigenvalue weighted by atomic mass is 15.2. The zero-order valence-electron chi connectivity index (χ0n) is 10.3. The molecule has 2 heterocycles. The molecule has 2 heteroatoms. The van der Waals surface area contributed by atoms with Crippen LogP contribution >= 0.6 is 0 Å². The molecule has 2 rings (SSSR count). The van der Waals surface area contributed by atoms with Gasteiger partial charge in [-0.15, -0.1) is 0 Å². The van der Waals surface area contributed by atoms with E-state index in [9.17, 15) is 0 Å². The minimum atomic E-state index is 0.770. The van der Waals surface area contributed by atoms with Crippen LogP contribution in [0.15, 0.2) is 0 Å². The van der Waals surface area contributed by atoms with Gasteiger partial charge in [-0.25, -0.2) is 0 Å². The summed E-state index contributed by atoms with van der Waals surface area (Å²) in [5.41, 5.74) is 0. The zero-order valence-corrected chi connectivity index (χ0v) is 10.3. The van der Waals surface area contributed by atoms with Gasteiger partial charge in [0.25, 0.3) is 0 Å². The van der Waals surface area contributed by atoms with Gasteiger partial charge in [0.05, 0.1) is 0 Å². The third-order valence-electron chi connectivity index (χ3n) is 4.11. The van der Waals surface area contributed by atoms with Crippen molar-refractivity contribution in [1.29, 1.82) is 0 Å². The summed E-state index contributed by atoms with van der Waals surface area (Å²) in [7, 11) is 0. The van der Waals surface area contributed by atoms with E-state index in [1.165, 1.54) is 51.7 Å². The Balaban J connectivity index is 1.80. The van der Waals surface area contributed by atoms with Gasteiger partial charge in [0.2, 0.25) is 0 Å². The van der Waals surface area contributed by atoms with Crippen LogP contribution in [0.4, 0.5) is 0 Å². The topological polar surface area (TPSA) is 15.3 Å². The minimum absolute atomic E-state index is 0.770. The van der Waals surface area contributed by atoms with Crippen molar-refractivity contribution in [2.75, 3.05) is 19.6 Å². The standard InChI is InChI=1S/C13H26N2/c1-11-6-7-12(2)15(9-11)10-13-5-3-4-8-14-13/h11-14H,3-10H2,1-2H3. The van der Waals surface area contributed by atoms with Crippen molar-refractivity contribution in [2.24, 2.45) is 5.92 Å². The van der Waals surface area contributed by atoms with Crippen molar-refractivity contribution in [3.63, 3.8) is 0 Å². The van der Waals surface area contributed by atoms with Crippen LogP contribution in [-0.2, 0) is 0 Å². The average Bonchev–Trinajstić information content (AvgIpc) is 2.25. The van der Waals surface area contributed by atoms with E-state index in [0.29, 0.717) is 0 Å². The third kappa shape index (κ3) is 3.18. The Morgan fingerprint density at radius 1 is 1.13 bits per heavy atom. The number of likely N-dealkylation sites (tertiary alicyclic amines) is 1. The summed E-state index contributed by atoms with van der Waals surface area (Å²) in [4.78, 5) is 2.71. The van der Waals surface area contributed by atoms with E-state index >= 15 is 0 Å². The molecule has 0 bridgehead atoms. The molecule has 0 amide bonds. The van der Waals surface area contributed by atoms with Crippen LogP contribution in [0.5, 0.6) is 0 Å². The van der Waals surface area contributed by atoms with Gasteiger partial charge in [-0.3, -0.25) is 4.90 Å². The van der Waals surface area contributed by atoms with E-state index in [4.69, 9.17) is 0 Å². The molecule has 2 fully saturated rings. The Bertz CT molecular complexity index is 187. The summed E-state index contributed by atoms with van der Waals surface area (Å²) in [5.74, 6) is 0.907. The maximum Gasteiger partial charge on any atom is 0.0195 e. The predicted octanol–water partition coefficient (Wildman–Crippen LogP) is 2.25. The molecule has 0 aromatic carbocycles. The van der Waals surface area contributed by atoms with Crippen molar-refractivity contribution >= 4 is 0 Å². The first-order valence-electron chi connectivity index (χ1n) is 6.73. The number of piperidine rings is 2. The molecule has 0 saturated carbocycles. The van der Waals surface area contributed by atoms with Crippen molar-refractivity contribution < 1.29 is 0 Å². The molecule has 2 nitrogen and oxygen atoms in total. The molecule has 0 aromatic heterocycles. The van der Waals surface area contributed by atoms with Gasteiger partial charge in [0.1, 0.15) is 0 Å². The van der Waals surface area contributed by atoms with Gasteiger partial charge in [-0.1, -0.05) is 13.3 Å². The molecule has 15 heavy (non-hydrogen) atoms. The number of hydrogen-bond acceptors (Lipinski definition) is 2. The lowest BCUT2D eigenvalue weighted by Crippen LogP contribution is -2.49. The molecule has 2 aliphatic rings. The van der Waals surface area contributed by atoms with Gasteiger partial charge in [0.15, 0.2) is 0 Å². The van der Waals surface area contributed by atoms with Gasteiger partial charge in [-0.2, -0.15) is 0 Å². The summed E-state index contributed by atoms with van der Waals surface area (Å²) in [5, 5.41) is 3.66. The number of rotatable bonds is 2. The summed E-state index contributed by atoms with van der Waals surface area (Å²) in [6.45, 7) is 8.63. The van der Waals surface area contributed by atoms with Crippen molar-refractivity contribution in [2.45, 2.75) is 58.0 Å². The predicted molar refractivity (Wildman–Crippen MR) is 65.1 cm³/mol. The third-order valence-corrected chi connectivity index (χ3v) is 4.11. The van der Waals surface area contributed by atoms with Crippen LogP contribution in [0.1, 0.15) is 46.0 Å². The van der Waals surface area contributed by atoms with Crippen LogP contribution in [0.25, 0.3) is 0 Å². The van der Waals surface area contributed by atoms with Crippen molar-refractivity contribution in [3.8, 4) is 0 Å². The zero-order chi connectivity index (χ0) is 10.7. The summed E-state index contributed by atoms with van der Waals surface area (Å²) < 4.78 is 0. The molecule has 2 saturated heterocycles. The molecule has 0 radical (unpaired) electrons. The second-order valence-corrected chi connectivity index (χ2v) is 5.63. The van der Waals surface area contributed by atoms with Crippen LogP contribution in [-0.4, -0.2) is 36.6 Å². The van der Waals surface area contributed by atoms with E-state index < -0.39 is 0 Å². The summed E-state index contributed by atoms with van der Waals surface area (Å²) >= 11 is 0. The van der Waals surface area contributed by atoms with E-state index in [1.807, 2.05) is 0 Å². The van der Waals surface area contributed by atoms with Gasteiger partial charge < -0.3 is 5.32 Å². The maximum atomic E-state index is 3.66. The molecule has 0 spiro atoms. The molecule has 3 atom stereocenters. The lowest BCUT2D eigenvalue weighted by atomic mass is 9.94. The molecule has 3 unspecified atom stereocenters. The quantitative estimate of drug-likeness (QED) is 0.752. The van der Waals surface area contributed by atoms with Crippen molar-refractivity contribution in [1.82, 2.24) is 10.2 Å². The monoisotopic (exact) mass is 210 g/mol. The Morgan fingerprint density at radius 3 is 2.73 bits per heavy atom. The number of nitrogens with zero attached hydrogens (tertiary/aromatic N) is 1. The smallest absolute Gasteiger partial charge is 0.0195 e.